The van der Waals surface area contributed by atoms with Gasteiger partial charge in [-0.15, -0.1) is 0 Å². The van der Waals surface area contributed by atoms with Gasteiger partial charge < -0.3 is 4.74 Å². The van der Waals surface area contributed by atoms with Crippen molar-refractivity contribution in [3.8, 4) is 11.8 Å². The number of nitriles is 1. The van der Waals surface area contributed by atoms with Crippen molar-refractivity contribution in [2.75, 3.05) is 11.5 Å². The molecule has 2 amide bonds. The summed E-state index contributed by atoms with van der Waals surface area (Å²) < 4.78 is 5.41. The van der Waals surface area contributed by atoms with Crippen LogP contribution in [0.1, 0.15) is 43.4 Å². The van der Waals surface area contributed by atoms with Gasteiger partial charge in [0.1, 0.15) is 16.8 Å². The van der Waals surface area contributed by atoms with Crippen LogP contribution in [0.2, 0.25) is 0 Å². The standard InChI is InChI=1S/C21H19N3O3S/c1-2-27-16-8-6-15(7-9-16)24-19(25)11-18(21(24)26)28-20-14(12-22)5-10-17(23-20)13-3-4-13/h5-10,13,18H,2-4,11H2,1H3. The summed E-state index contributed by atoms with van der Waals surface area (Å²) in [6.07, 6.45) is 2.31. The highest BCUT2D eigenvalue weighted by Gasteiger charge is 2.41. The molecule has 1 aromatic carbocycles. The number of pyridine rings is 1. The lowest BCUT2D eigenvalue weighted by Crippen LogP contribution is -2.31. The van der Waals surface area contributed by atoms with Crippen molar-refractivity contribution in [2.24, 2.45) is 0 Å². The van der Waals surface area contributed by atoms with Crippen molar-refractivity contribution in [2.45, 2.75) is 42.4 Å². The molecule has 28 heavy (non-hydrogen) atoms. The number of carbonyl (C=O) groups is 2. The van der Waals surface area contributed by atoms with E-state index >= 15 is 0 Å². The first-order valence-electron chi connectivity index (χ1n) is 9.28. The minimum Gasteiger partial charge on any atom is -0.494 e. The Labute approximate surface area is 167 Å². The van der Waals surface area contributed by atoms with Crippen molar-refractivity contribution in [1.29, 1.82) is 5.26 Å². The topological polar surface area (TPSA) is 83.3 Å². The molecule has 0 radical (unpaired) electrons. The van der Waals surface area contributed by atoms with Crippen LogP contribution < -0.4 is 9.64 Å². The second-order valence-electron chi connectivity index (χ2n) is 6.78. The number of hydrogen-bond donors (Lipinski definition) is 0. The largest absolute Gasteiger partial charge is 0.494 e. The molecule has 1 saturated carbocycles. The van der Waals surface area contributed by atoms with E-state index in [0.717, 1.165) is 18.5 Å². The van der Waals surface area contributed by atoms with Crippen LogP contribution in [0.25, 0.3) is 0 Å². The van der Waals surface area contributed by atoms with Gasteiger partial charge in [0.05, 0.1) is 23.1 Å². The molecule has 142 valence electrons. The lowest BCUT2D eigenvalue weighted by molar-refractivity contribution is -0.121. The highest BCUT2D eigenvalue weighted by molar-refractivity contribution is 8.00. The zero-order chi connectivity index (χ0) is 19.7. The van der Waals surface area contributed by atoms with Crippen LogP contribution in [0.15, 0.2) is 41.4 Å². The highest BCUT2D eigenvalue weighted by Crippen LogP contribution is 2.41. The van der Waals surface area contributed by atoms with Gasteiger partial charge in [0.2, 0.25) is 11.8 Å². The SMILES string of the molecule is CCOc1ccc(N2C(=O)CC(Sc3nc(C4CC4)ccc3C#N)C2=O)cc1. The van der Waals surface area contributed by atoms with Gasteiger partial charge in [-0.3, -0.25) is 9.59 Å². The Kier molecular flexibility index (Phi) is 5.05. The van der Waals surface area contributed by atoms with E-state index in [-0.39, 0.29) is 18.2 Å². The molecule has 2 fully saturated rings. The second-order valence-corrected chi connectivity index (χ2v) is 7.97. The summed E-state index contributed by atoms with van der Waals surface area (Å²) in [6.45, 7) is 2.44. The van der Waals surface area contributed by atoms with E-state index < -0.39 is 5.25 Å². The van der Waals surface area contributed by atoms with Crippen LogP contribution in [0.5, 0.6) is 5.75 Å². The fraction of sp³-hybridized carbons (Fsp3) is 0.333. The van der Waals surface area contributed by atoms with Gasteiger partial charge in [-0.2, -0.15) is 5.26 Å². The normalized spacial score (nSPS) is 19.0. The van der Waals surface area contributed by atoms with Crippen LogP contribution in [0, 0.1) is 11.3 Å². The van der Waals surface area contributed by atoms with Gasteiger partial charge in [-0.05, 0) is 56.2 Å². The summed E-state index contributed by atoms with van der Waals surface area (Å²) in [4.78, 5) is 31.2. The molecule has 0 bridgehead atoms. The van der Waals surface area contributed by atoms with Crippen molar-refractivity contribution in [3.05, 3.63) is 47.7 Å². The number of nitrogens with zero attached hydrogens (tertiary/aromatic N) is 3. The third kappa shape index (κ3) is 3.60. The van der Waals surface area contributed by atoms with E-state index in [2.05, 4.69) is 11.1 Å². The molecule has 1 unspecified atom stereocenters. The molecule has 6 nitrogen and oxygen atoms in total. The minimum absolute atomic E-state index is 0.0942. The molecule has 2 aromatic rings. The predicted octanol–water partition coefficient (Wildman–Crippen LogP) is 3.65. The Morgan fingerprint density at radius 3 is 2.61 bits per heavy atom. The van der Waals surface area contributed by atoms with Gasteiger partial charge in [-0.25, -0.2) is 9.88 Å². The average Bonchev–Trinajstić information content (AvgIpc) is 3.50. The molecular formula is C21H19N3O3S. The molecule has 2 aliphatic rings. The maximum Gasteiger partial charge on any atom is 0.247 e. The number of aromatic nitrogens is 1. The Morgan fingerprint density at radius 2 is 1.96 bits per heavy atom. The Bertz CT molecular complexity index is 964. The summed E-state index contributed by atoms with van der Waals surface area (Å²) in [5.74, 6) is 0.620. The van der Waals surface area contributed by atoms with Crippen LogP contribution in [0.4, 0.5) is 5.69 Å². The number of amides is 2. The number of ether oxygens (including phenoxy) is 1. The van der Waals surface area contributed by atoms with Crippen molar-refractivity contribution in [3.63, 3.8) is 0 Å². The summed E-state index contributed by atoms with van der Waals surface area (Å²) in [5.41, 5.74) is 1.93. The van der Waals surface area contributed by atoms with Crippen molar-refractivity contribution < 1.29 is 14.3 Å². The summed E-state index contributed by atoms with van der Waals surface area (Å²) in [5, 5.41) is 9.34. The summed E-state index contributed by atoms with van der Waals surface area (Å²) >= 11 is 1.21. The lowest BCUT2D eigenvalue weighted by atomic mass is 10.2. The number of benzene rings is 1. The molecule has 1 aliphatic heterocycles. The van der Waals surface area contributed by atoms with Gasteiger partial charge >= 0.3 is 0 Å². The molecule has 1 aliphatic carbocycles. The molecule has 7 heteroatoms. The van der Waals surface area contributed by atoms with Gasteiger partial charge in [0.15, 0.2) is 0 Å². The Morgan fingerprint density at radius 1 is 1.21 bits per heavy atom. The minimum atomic E-state index is -0.576. The van der Waals surface area contributed by atoms with Crippen LogP contribution >= 0.6 is 11.8 Å². The summed E-state index contributed by atoms with van der Waals surface area (Å²) in [6, 6.07) is 12.7. The third-order valence-corrected chi connectivity index (χ3v) is 5.95. The predicted molar refractivity (Wildman–Crippen MR) is 105 cm³/mol. The van der Waals surface area contributed by atoms with Gasteiger partial charge in [-0.1, -0.05) is 11.8 Å². The maximum atomic E-state index is 12.9. The molecular weight excluding hydrogens is 374 g/mol. The number of anilines is 1. The Balaban J connectivity index is 1.54. The monoisotopic (exact) mass is 393 g/mol. The molecule has 1 saturated heterocycles. The first kappa shape index (κ1) is 18.5. The third-order valence-electron chi connectivity index (χ3n) is 4.76. The average molecular weight is 393 g/mol. The molecule has 0 N–H and O–H groups in total. The van der Waals surface area contributed by atoms with Crippen molar-refractivity contribution in [1.82, 2.24) is 4.98 Å². The fourth-order valence-electron chi connectivity index (χ4n) is 3.20. The zero-order valence-electron chi connectivity index (χ0n) is 15.4. The molecule has 4 rings (SSSR count). The molecule has 1 atom stereocenters. The maximum absolute atomic E-state index is 12.9. The molecule has 1 aromatic heterocycles. The number of hydrogen-bond acceptors (Lipinski definition) is 6. The van der Waals surface area contributed by atoms with E-state index in [1.807, 2.05) is 13.0 Å². The van der Waals surface area contributed by atoms with Gasteiger partial charge in [0.25, 0.3) is 0 Å². The van der Waals surface area contributed by atoms with E-state index in [1.54, 1.807) is 30.3 Å². The fourth-order valence-corrected chi connectivity index (χ4v) is 4.30. The smallest absolute Gasteiger partial charge is 0.247 e. The zero-order valence-corrected chi connectivity index (χ0v) is 16.2. The number of imide groups is 1. The van der Waals surface area contributed by atoms with Gasteiger partial charge in [0, 0.05) is 18.0 Å². The first-order chi connectivity index (χ1) is 13.6. The van der Waals surface area contributed by atoms with Crippen LogP contribution in [-0.4, -0.2) is 28.7 Å². The van der Waals surface area contributed by atoms with E-state index in [9.17, 15) is 14.9 Å². The van der Waals surface area contributed by atoms with E-state index in [0.29, 0.717) is 34.6 Å². The van der Waals surface area contributed by atoms with Crippen molar-refractivity contribution >= 4 is 29.3 Å². The van der Waals surface area contributed by atoms with E-state index in [4.69, 9.17) is 4.74 Å². The first-order valence-corrected chi connectivity index (χ1v) is 10.2. The van der Waals surface area contributed by atoms with Crippen LogP contribution in [-0.2, 0) is 9.59 Å². The molecule has 0 spiro atoms. The summed E-state index contributed by atoms with van der Waals surface area (Å²) in [7, 11) is 0. The Hall–Kier alpha value is -2.85. The number of thioether (sulfide) groups is 1. The number of rotatable bonds is 6. The number of carbonyl (C=O) groups excluding carboxylic acids is 2. The quantitative estimate of drug-likeness (QED) is 0.697. The van der Waals surface area contributed by atoms with E-state index in [1.165, 1.54) is 16.7 Å². The second kappa shape index (κ2) is 7.64. The molecule has 2 heterocycles. The lowest BCUT2D eigenvalue weighted by Gasteiger charge is -2.15. The van der Waals surface area contributed by atoms with Crippen LogP contribution in [0.3, 0.4) is 0 Å². The highest BCUT2D eigenvalue weighted by atomic mass is 32.2.